The maximum absolute atomic E-state index is 12.9. The lowest BCUT2D eigenvalue weighted by Crippen LogP contribution is -2.33. The average Bonchev–Trinajstić information content (AvgIpc) is 2.98. The van der Waals surface area contributed by atoms with Gasteiger partial charge in [0.05, 0.1) is 10.0 Å². The molecule has 0 amide bonds. The summed E-state index contributed by atoms with van der Waals surface area (Å²) in [6, 6.07) is 14.0. The highest BCUT2D eigenvalue weighted by Gasteiger charge is 2.42. The molecule has 0 radical (unpaired) electrons. The van der Waals surface area contributed by atoms with Gasteiger partial charge in [0, 0.05) is 18.2 Å². The van der Waals surface area contributed by atoms with Crippen LogP contribution in [0, 0.1) is 5.92 Å². The molecule has 0 aromatic heterocycles. The van der Waals surface area contributed by atoms with Crippen LogP contribution in [-0.2, 0) is 9.57 Å². The van der Waals surface area contributed by atoms with Crippen molar-refractivity contribution in [1.82, 2.24) is 0 Å². The molecule has 2 aromatic carbocycles. The number of methoxy groups -OCH3 is 1. The smallest absolute Gasteiger partial charge is 0.242 e. The molecule has 0 fully saturated rings. The molecular weight excluding hydrogens is 337 g/mol. The fraction of sp³-hybridized carbons (Fsp3) is 0.176. The molecular formula is C17H13Cl2NO3. The molecule has 6 heteroatoms. The number of carbonyl (C=O) groups excluding carboxylic acids is 1. The fourth-order valence-electron chi connectivity index (χ4n) is 2.51. The Morgan fingerprint density at radius 1 is 1.09 bits per heavy atom. The third-order valence-electron chi connectivity index (χ3n) is 3.61. The standard InChI is InChI=1S/C17H13Cl2NO3/c1-22-17-14(16(21)10-6-3-2-4-7-10)15(20-23-17)13-11(18)8-5-9-12(13)19/h2-9,14,17H,1H3/t14-,17+/m1/s1. The maximum atomic E-state index is 12.9. The zero-order valence-electron chi connectivity index (χ0n) is 12.2. The van der Waals surface area contributed by atoms with Crippen LogP contribution in [0.1, 0.15) is 15.9 Å². The number of ether oxygens (including phenoxy) is 1. The first kappa shape index (κ1) is 16.0. The second-order valence-electron chi connectivity index (χ2n) is 4.99. The van der Waals surface area contributed by atoms with Gasteiger partial charge in [-0.25, -0.2) is 0 Å². The van der Waals surface area contributed by atoms with Crippen LogP contribution < -0.4 is 0 Å². The second-order valence-corrected chi connectivity index (χ2v) is 5.81. The summed E-state index contributed by atoms with van der Waals surface area (Å²) < 4.78 is 5.25. The van der Waals surface area contributed by atoms with Crippen molar-refractivity contribution >= 4 is 34.7 Å². The Bertz CT molecular complexity index is 741. The van der Waals surface area contributed by atoms with E-state index in [1.165, 1.54) is 7.11 Å². The number of rotatable bonds is 4. The Hall–Kier alpha value is -1.88. The molecule has 0 N–H and O–H groups in total. The van der Waals surface area contributed by atoms with Gasteiger partial charge in [-0.2, -0.15) is 0 Å². The van der Waals surface area contributed by atoms with Crippen molar-refractivity contribution in [2.75, 3.05) is 7.11 Å². The number of benzene rings is 2. The largest absolute Gasteiger partial charge is 0.362 e. The minimum atomic E-state index is -0.815. The molecule has 0 unspecified atom stereocenters. The molecule has 23 heavy (non-hydrogen) atoms. The van der Waals surface area contributed by atoms with E-state index in [0.29, 0.717) is 26.9 Å². The van der Waals surface area contributed by atoms with Crippen LogP contribution in [0.15, 0.2) is 53.7 Å². The lowest BCUT2D eigenvalue weighted by atomic mass is 9.89. The van der Waals surface area contributed by atoms with Crippen LogP contribution in [0.25, 0.3) is 0 Å². The highest BCUT2D eigenvalue weighted by atomic mass is 35.5. The van der Waals surface area contributed by atoms with Gasteiger partial charge in [-0.05, 0) is 12.1 Å². The molecule has 1 aliphatic heterocycles. The highest BCUT2D eigenvalue weighted by Crippen LogP contribution is 2.34. The van der Waals surface area contributed by atoms with Gasteiger partial charge in [0.15, 0.2) is 5.78 Å². The summed E-state index contributed by atoms with van der Waals surface area (Å²) in [6.45, 7) is 0. The van der Waals surface area contributed by atoms with Gasteiger partial charge < -0.3 is 9.57 Å². The van der Waals surface area contributed by atoms with Crippen LogP contribution in [0.4, 0.5) is 0 Å². The van der Waals surface area contributed by atoms with E-state index < -0.39 is 12.2 Å². The predicted octanol–water partition coefficient (Wildman–Crippen LogP) is 4.20. The second kappa shape index (κ2) is 6.71. The van der Waals surface area contributed by atoms with Crippen LogP contribution in [0.5, 0.6) is 0 Å². The van der Waals surface area contributed by atoms with E-state index in [1.807, 2.05) is 6.07 Å². The molecule has 0 saturated carbocycles. The zero-order valence-corrected chi connectivity index (χ0v) is 13.7. The SMILES string of the molecule is CO[C@H]1ON=C(c2c(Cl)cccc2Cl)[C@@H]1C(=O)c1ccccc1. The molecule has 1 aliphatic rings. The summed E-state index contributed by atoms with van der Waals surface area (Å²) in [5.41, 5.74) is 1.41. The van der Waals surface area contributed by atoms with Gasteiger partial charge in [0.25, 0.3) is 0 Å². The van der Waals surface area contributed by atoms with E-state index >= 15 is 0 Å². The molecule has 1 heterocycles. The number of carbonyl (C=O) groups is 1. The van der Waals surface area contributed by atoms with E-state index in [4.69, 9.17) is 32.8 Å². The molecule has 0 saturated heterocycles. The number of halogens is 2. The number of hydrogen-bond donors (Lipinski definition) is 0. The number of ketones is 1. The lowest BCUT2D eigenvalue weighted by molar-refractivity contribution is -0.117. The van der Waals surface area contributed by atoms with Gasteiger partial charge >= 0.3 is 0 Å². The zero-order chi connectivity index (χ0) is 16.4. The Kier molecular flexibility index (Phi) is 4.66. The van der Waals surface area contributed by atoms with Crippen molar-refractivity contribution in [2.45, 2.75) is 6.29 Å². The Morgan fingerprint density at radius 2 is 1.74 bits per heavy atom. The molecule has 2 aromatic rings. The lowest BCUT2D eigenvalue weighted by Gasteiger charge is -2.17. The summed E-state index contributed by atoms with van der Waals surface area (Å²) in [6.07, 6.45) is -0.815. The average molecular weight is 350 g/mol. The Labute approximate surface area is 143 Å². The number of Topliss-reactive ketones (excluding diaryl/α,β-unsaturated/α-hetero) is 1. The number of nitrogens with zero attached hydrogens (tertiary/aromatic N) is 1. The summed E-state index contributed by atoms with van der Waals surface area (Å²) in [5.74, 6) is -0.899. The third-order valence-corrected chi connectivity index (χ3v) is 4.24. The van der Waals surface area contributed by atoms with Crippen molar-refractivity contribution in [2.24, 2.45) is 11.1 Å². The van der Waals surface area contributed by atoms with Crippen LogP contribution in [0.2, 0.25) is 10.0 Å². The van der Waals surface area contributed by atoms with Crippen molar-refractivity contribution in [1.29, 1.82) is 0 Å². The molecule has 0 aliphatic carbocycles. The molecule has 0 bridgehead atoms. The van der Waals surface area contributed by atoms with Crippen LogP contribution in [0.3, 0.4) is 0 Å². The normalized spacial score (nSPS) is 20.0. The van der Waals surface area contributed by atoms with Crippen molar-refractivity contribution in [3.05, 3.63) is 69.7 Å². The summed E-state index contributed by atoms with van der Waals surface area (Å²) >= 11 is 12.5. The van der Waals surface area contributed by atoms with Crippen LogP contribution >= 0.6 is 23.2 Å². The van der Waals surface area contributed by atoms with E-state index in [0.717, 1.165) is 0 Å². The summed E-state index contributed by atoms with van der Waals surface area (Å²) in [7, 11) is 1.46. The summed E-state index contributed by atoms with van der Waals surface area (Å²) in [4.78, 5) is 18.2. The van der Waals surface area contributed by atoms with Crippen molar-refractivity contribution in [3.63, 3.8) is 0 Å². The first-order valence-electron chi connectivity index (χ1n) is 6.93. The maximum Gasteiger partial charge on any atom is 0.242 e. The number of hydrogen-bond acceptors (Lipinski definition) is 4. The minimum Gasteiger partial charge on any atom is -0.362 e. The quantitative estimate of drug-likeness (QED) is 0.777. The van der Waals surface area contributed by atoms with Gasteiger partial charge in [0.2, 0.25) is 6.29 Å². The Balaban J connectivity index is 2.05. The third kappa shape index (κ3) is 2.98. The first-order chi connectivity index (χ1) is 11.1. The van der Waals surface area contributed by atoms with E-state index in [9.17, 15) is 4.79 Å². The number of oxime groups is 1. The fourth-order valence-corrected chi connectivity index (χ4v) is 3.10. The molecule has 2 atom stereocenters. The van der Waals surface area contributed by atoms with E-state index in [2.05, 4.69) is 5.16 Å². The molecule has 0 spiro atoms. The monoisotopic (exact) mass is 349 g/mol. The highest BCUT2D eigenvalue weighted by molar-refractivity contribution is 6.41. The van der Waals surface area contributed by atoms with E-state index in [-0.39, 0.29) is 5.78 Å². The predicted molar refractivity (Wildman–Crippen MR) is 89.1 cm³/mol. The van der Waals surface area contributed by atoms with Gasteiger partial charge in [-0.15, -0.1) is 0 Å². The topological polar surface area (TPSA) is 47.9 Å². The van der Waals surface area contributed by atoms with Gasteiger partial charge in [0.1, 0.15) is 11.6 Å². The van der Waals surface area contributed by atoms with Crippen LogP contribution in [-0.4, -0.2) is 24.9 Å². The van der Waals surface area contributed by atoms with Crippen molar-refractivity contribution < 1.29 is 14.4 Å². The summed E-state index contributed by atoms with van der Waals surface area (Å²) in [5, 5.41) is 4.82. The first-order valence-corrected chi connectivity index (χ1v) is 7.69. The van der Waals surface area contributed by atoms with Gasteiger partial charge in [-0.1, -0.05) is 64.8 Å². The molecule has 4 nitrogen and oxygen atoms in total. The Morgan fingerprint density at radius 3 is 2.35 bits per heavy atom. The minimum absolute atomic E-state index is 0.162. The molecule has 118 valence electrons. The van der Waals surface area contributed by atoms with Gasteiger partial charge in [-0.3, -0.25) is 4.79 Å². The van der Waals surface area contributed by atoms with Crippen molar-refractivity contribution in [3.8, 4) is 0 Å². The molecule has 3 rings (SSSR count). The van der Waals surface area contributed by atoms with E-state index in [1.54, 1.807) is 42.5 Å².